The first-order valence-corrected chi connectivity index (χ1v) is 8.75. The number of rotatable bonds is 2. The molecular weight excluding hydrogens is 364 g/mol. The quantitative estimate of drug-likeness (QED) is 0.791. The number of aryl methyl sites for hydroxylation is 1. The molecule has 10 radical (unpaired) electrons. The van der Waals surface area contributed by atoms with E-state index in [0.717, 1.165) is 18.6 Å². The Morgan fingerprint density at radius 3 is 2.35 bits per heavy atom. The average Bonchev–Trinajstić information content (AvgIpc) is 3.43. The number of methoxy groups -OCH3 is 1. The van der Waals surface area contributed by atoms with Crippen LogP contribution in [0.15, 0.2) is 23.3 Å². The van der Waals surface area contributed by atoms with Crippen molar-refractivity contribution in [1.82, 2.24) is 5.43 Å². The molecule has 0 spiro atoms. The van der Waals surface area contributed by atoms with Crippen LogP contribution in [0, 0.1) is 69.6 Å². The van der Waals surface area contributed by atoms with Gasteiger partial charge < -0.3 is 10.2 Å². The second-order valence-electron chi connectivity index (χ2n) is 6.45. The number of nitrogens with one attached hydrogen (secondary N) is 1. The molecule has 2 atom stereocenters. The second-order valence-corrected chi connectivity index (χ2v) is 6.45. The molecule has 1 aromatic rings. The summed E-state index contributed by atoms with van der Waals surface area (Å²) in [5.41, 5.74) is 7.15. The molecule has 1 aromatic carbocycles. The van der Waals surface area contributed by atoms with Gasteiger partial charge in [0.05, 0.1) is 18.9 Å². The number of benzene rings is 1. The smallest absolute Gasteiger partial charge is 0.497 e. The second kappa shape index (κ2) is 9.28. The van der Waals surface area contributed by atoms with Crippen LogP contribution in [0.2, 0.25) is 0 Å². The Morgan fingerprint density at radius 2 is 1.69 bits per heavy atom. The Bertz CT molecular complexity index is 613. The summed E-state index contributed by atoms with van der Waals surface area (Å²) in [6.45, 7) is 0. The molecule has 3 aliphatic carbocycles. The van der Waals surface area contributed by atoms with Crippen molar-refractivity contribution in [1.29, 1.82) is 0 Å². The van der Waals surface area contributed by atoms with Crippen LogP contribution in [0.25, 0.3) is 0 Å². The predicted molar refractivity (Wildman–Crippen MR) is 100 cm³/mol. The van der Waals surface area contributed by atoms with Crippen LogP contribution in [-0.4, -0.2) is 18.9 Å². The van der Waals surface area contributed by atoms with E-state index in [1.54, 1.807) is 7.11 Å². The van der Waals surface area contributed by atoms with Crippen LogP contribution >= 0.6 is 0 Å². The number of hydrogen-bond acceptors (Lipinski definition) is 3. The molecule has 0 aromatic heterocycles. The molecule has 1 heterocycles. The summed E-state index contributed by atoms with van der Waals surface area (Å²) in [7, 11) is 1.71. The number of hydrogen-bond donors (Lipinski definition) is 1. The molecule has 26 heavy (non-hydrogen) atoms. The van der Waals surface area contributed by atoms with Gasteiger partial charge in [-0.3, -0.25) is 0 Å². The normalized spacial score (nSPS) is 26.6. The number of hydrazone groups is 1. The monoisotopic (exact) mass is 386 g/mol. The summed E-state index contributed by atoms with van der Waals surface area (Å²) in [4.78, 5) is 0. The third-order valence-corrected chi connectivity index (χ3v) is 5.00. The van der Waals surface area contributed by atoms with E-state index in [-0.39, 0.29) is 17.1 Å². The van der Waals surface area contributed by atoms with E-state index in [4.69, 9.17) is 4.74 Å². The zero-order valence-electron chi connectivity index (χ0n) is 14.7. The van der Waals surface area contributed by atoms with E-state index in [1.807, 2.05) is 38.2 Å². The van der Waals surface area contributed by atoms with E-state index < -0.39 is 0 Å². The van der Waals surface area contributed by atoms with Gasteiger partial charge >= 0.3 is 17.1 Å². The first-order valence-electron chi connectivity index (χ1n) is 8.75. The van der Waals surface area contributed by atoms with Gasteiger partial charge in [0.2, 0.25) is 0 Å². The van der Waals surface area contributed by atoms with Crippen molar-refractivity contribution in [3.8, 4) is 5.75 Å². The minimum Gasteiger partial charge on any atom is -0.497 e. The van der Waals surface area contributed by atoms with Crippen LogP contribution in [0.3, 0.4) is 0 Å². The summed E-state index contributed by atoms with van der Waals surface area (Å²) in [5.74, 6) is 2.71. The molecule has 1 aliphatic heterocycles. The van der Waals surface area contributed by atoms with E-state index in [0.29, 0.717) is 12.0 Å². The Hall–Kier alpha value is -0.991. The summed E-state index contributed by atoms with van der Waals surface area (Å²) in [6, 6.07) is 6.65. The van der Waals surface area contributed by atoms with Crippen molar-refractivity contribution < 1.29 is 21.8 Å². The fraction of sp³-hybridized carbons (Fsp3) is 0.227. The molecule has 1 N–H and O–H groups in total. The summed E-state index contributed by atoms with van der Waals surface area (Å²) in [5, 5.41) is 4.62. The maximum Gasteiger partial charge on any atom is 2.00 e. The number of fused-ring (bicyclic) bond motifs is 3. The van der Waals surface area contributed by atoms with E-state index in [1.165, 1.54) is 22.8 Å². The van der Waals surface area contributed by atoms with Crippen molar-refractivity contribution in [3.05, 3.63) is 93.0 Å². The summed E-state index contributed by atoms with van der Waals surface area (Å²) >= 11 is 0. The average molecular weight is 386 g/mol. The molecule has 0 bridgehead atoms. The van der Waals surface area contributed by atoms with Crippen molar-refractivity contribution in [3.63, 3.8) is 0 Å². The van der Waals surface area contributed by atoms with Crippen LogP contribution in [-0.2, 0) is 23.5 Å². The number of ether oxygens (including phenoxy) is 1. The maximum atomic E-state index is 5.35. The topological polar surface area (TPSA) is 33.6 Å². The van der Waals surface area contributed by atoms with Crippen molar-refractivity contribution in [2.24, 2.45) is 11.0 Å². The van der Waals surface area contributed by atoms with Crippen molar-refractivity contribution in [2.45, 2.75) is 18.9 Å². The number of nitrogens with zero attached hydrogens (tertiary/aromatic N) is 1. The molecule has 2 unspecified atom stereocenters. The van der Waals surface area contributed by atoms with Crippen LogP contribution < -0.4 is 10.2 Å². The maximum absolute atomic E-state index is 5.35. The van der Waals surface area contributed by atoms with Gasteiger partial charge in [0, 0.05) is 17.4 Å². The third kappa shape index (κ3) is 4.12. The first-order chi connectivity index (χ1) is 12.4. The molecule has 5 rings (SSSR count). The van der Waals surface area contributed by atoms with Gasteiger partial charge in [0.15, 0.2) is 0 Å². The molecule has 3 nitrogen and oxygen atoms in total. The van der Waals surface area contributed by atoms with Crippen LogP contribution in [0.5, 0.6) is 5.75 Å². The fourth-order valence-corrected chi connectivity index (χ4v) is 3.71. The molecule has 4 heteroatoms. The molecule has 0 saturated heterocycles. The van der Waals surface area contributed by atoms with Gasteiger partial charge in [-0.05, 0) is 88.3 Å². The standard InChI is InChI=1S/C17H17N2O.C5H5.Fe/c1-20-13-8-6-11-7-9-14-16(12-4-2-3-5-12)18-19-17(14)15(11)10-13;1-2-4-5-3-1;/h2-6,8,10,14,16,18H,7,9H2,1H3;1-5H;/q;;+2. The van der Waals surface area contributed by atoms with Gasteiger partial charge in [-0.25, -0.2) is 0 Å². The van der Waals surface area contributed by atoms with E-state index in [2.05, 4.69) is 48.3 Å². The van der Waals surface area contributed by atoms with Crippen molar-refractivity contribution >= 4 is 5.71 Å². The first kappa shape index (κ1) is 19.8. The van der Waals surface area contributed by atoms with Gasteiger partial charge in [-0.1, -0.05) is 6.07 Å². The predicted octanol–water partition coefficient (Wildman–Crippen LogP) is 3.36. The van der Waals surface area contributed by atoms with Gasteiger partial charge in [-0.2, -0.15) is 5.10 Å². The molecular formula is C22H22FeN2O+2. The Kier molecular flexibility index (Phi) is 7.05. The van der Waals surface area contributed by atoms with Gasteiger partial charge in [-0.15, -0.1) is 0 Å². The van der Waals surface area contributed by atoms with Gasteiger partial charge in [0.1, 0.15) is 5.75 Å². The molecule has 132 valence electrons. The molecule has 2 fully saturated rings. The zero-order chi connectivity index (χ0) is 17.1. The molecule has 0 amide bonds. The summed E-state index contributed by atoms with van der Waals surface area (Å²) in [6.07, 6.45) is 20.8. The molecule has 2 saturated carbocycles. The minimum absolute atomic E-state index is 0. The van der Waals surface area contributed by atoms with Crippen molar-refractivity contribution in [2.75, 3.05) is 7.11 Å². The minimum atomic E-state index is 0. The van der Waals surface area contributed by atoms with E-state index in [9.17, 15) is 0 Å². The third-order valence-electron chi connectivity index (χ3n) is 5.00. The van der Waals surface area contributed by atoms with Crippen LogP contribution in [0.4, 0.5) is 0 Å². The Morgan fingerprint density at radius 1 is 1.00 bits per heavy atom. The van der Waals surface area contributed by atoms with Crippen LogP contribution in [0.1, 0.15) is 17.5 Å². The zero-order valence-corrected chi connectivity index (χ0v) is 15.8. The SMILES string of the molecule is COc1ccc2c(c1)C1=NNC([C]3[CH][CH][CH][CH]3)C1CC2.[CH]1[CH][CH][CH][CH]1.[Fe+2]. The van der Waals surface area contributed by atoms with Gasteiger partial charge in [0.25, 0.3) is 0 Å². The van der Waals surface area contributed by atoms with E-state index >= 15 is 0 Å². The Balaban J connectivity index is 0.000000285. The Labute approximate surface area is 168 Å². The summed E-state index contributed by atoms with van der Waals surface area (Å²) < 4.78 is 5.35. The largest absolute Gasteiger partial charge is 2.00 e. The molecule has 4 aliphatic rings. The fourth-order valence-electron chi connectivity index (χ4n) is 3.71.